The molecule has 5 nitrogen and oxygen atoms in total. The zero-order chi connectivity index (χ0) is 21.7. The van der Waals surface area contributed by atoms with E-state index in [2.05, 4.69) is 31.0 Å². The van der Waals surface area contributed by atoms with Crippen LogP contribution < -0.4 is 4.74 Å². The summed E-state index contributed by atoms with van der Waals surface area (Å²) >= 11 is 1.75. The van der Waals surface area contributed by atoms with Gasteiger partial charge in [0, 0.05) is 24.5 Å². The van der Waals surface area contributed by atoms with Crippen LogP contribution in [0.25, 0.3) is 0 Å². The molecular weight excluding hydrogens is 396 g/mol. The van der Waals surface area contributed by atoms with Gasteiger partial charge in [-0.1, -0.05) is 23.8 Å². The van der Waals surface area contributed by atoms with E-state index in [0.717, 1.165) is 17.7 Å². The molecule has 30 heavy (non-hydrogen) atoms. The third kappa shape index (κ3) is 5.50. The highest BCUT2D eigenvalue weighted by Gasteiger charge is 2.33. The van der Waals surface area contributed by atoms with Crippen LogP contribution in [-0.2, 0) is 11.2 Å². The fraction of sp³-hybridized carbons (Fsp3) is 0.458. The lowest BCUT2D eigenvalue weighted by atomic mass is 10.00. The first kappa shape index (κ1) is 22.5. The monoisotopic (exact) mass is 428 g/mol. The van der Waals surface area contributed by atoms with Gasteiger partial charge in [0.05, 0.1) is 18.7 Å². The summed E-state index contributed by atoms with van der Waals surface area (Å²) in [5.74, 6) is 0.918. The van der Waals surface area contributed by atoms with Crippen molar-refractivity contribution in [3.8, 4) is 5.75 Å². The van der Waals surface area contributed by atoms with Gasteiger partial charge in [-0.3, -0.25) is 9.69 Å². The van der Waals surface area contributed by atoms with Crippen LogP contribution in [0.15, 0.2) is 42.3 Å². The van der Waals surface area contributed by atoms with E-state index in [0.29, 0.717) is 26.2 Å². The molecule has 2 atom stereocenters. The van der Waals surface area contributed by atoms with Gasteiger partial charge in [-0.25, -0.2) is 0 Å². The van der Waals surface area contributed by atoms with E-state index in [4.69, 9.17) is 4.74 Å². The fourth-order valence-electron chi connectivity index (χ4n) is 4.05. The number of hydrogen-bond donors (Lipinski definition) is 1. The second kappa shape index (κ2) is 10.2. The van der Waals surface area contributed by atoms with E-state index in [1.54, 1.807) is 24.3 Å². The molecule has 0 unspecified atom stereocenters. The van der Waals surface area contributed by atoms with Crippen LogP contribution >= 0.6 is 11.3 Å². The van der Waals surface area contributed by atoms with Crippen LogP contribution in [0, 0.1) is 13.8 Å². The van der Waals surface area contributed by atoms with Gasteiger partial charge < -0.3 is 14.7 Å². The molecule has 0 aliphatic carbocycles. The first-order valence-electron chi connectivity index (χ1n) is 10.5. The summed E-state index contributed by atoms with van der Waals surface area (Å²) in [6, 6.07) is 8.17. The van der Waals surface area contributed by atoms with E-state index in [-0.39, 0.29) is 18.5 Å². The molecule has 0 fully saturated rings. The molecule has 1 amide bonds. The first-order chi connectivity index (χ1) is 14.4. The number of hydrogen-bond acceptors (Lipinski definition) is 5. The lowest BCUT2D eigenvalue weighted by Crippen LogP contribution is -2.47. The fourth-order valence-corrected chi connectivity index (χ4v) is 4.97. The molecule has 6 heteroatoms. The highest BCUT2D eigenvalue weighted by Crippen LogP contribution is 2.34. The number of ether oxygens (including phenoxy) is 1. The minimum absolute atomic E-state index is 0.0589. The summed E-state index contributed by atoms with van der Waals surface area (Å²) in [4.78, 5) is 18.5. The van der Waals surface area contributed by atoms with Gasteiger partial charge in [0.15, 0.2) is 0 Å². The number of carbonyl (C=O) groups excluding carboxylic acids is 1. The van der Waals surface area contributed by atoms with E-state index < -0.39 is 6.10 Å². The average Bonchev–Trinajstić information content (AvgIpc) is 3.15. The molecule has 2 aromatic rings. The maximum atomic E-state index is 13.2. The number of amides is 1. The largest absolute Gasteiger partial charge is 0.491 e. The second-order valence-corrected chi connectivity index (χ2v) is 9.06. The second-order valence-electron chi connectivity index (χ2n) is 8.06. The highest BCUT2D eigenvalue weighted by molar-refractivity contribution is 7.10. The smallest absolute Gasteiger partial charge is 0.237 e. The zero-order valence-corrected chi connectivity index (χ0v) is 19.0. The van der Waals surface area contributed by atoms with Crippen molar-refractivity contribution in [2.45, 2.75) is 39.3 Å². The van der Waals surface area contributed by atoms with Crippen molar-refractivity contribution in [3.05, 3.63) is 63.9 Å². The van der Waals surface area contributed by atoms with Crippen molar-refractivity contribution < 1.29 is 14.6 Å². The highest BCUT2D eigenvalue weighted by atomic mass is 32.1. The molecule has 1 aliphatic heterocycles. The third-order valence-electron chi connectivity index (χ3n) is 5.41. The molecule has 162 valence electrons. The lowest BCUT2D eigenvalue weighted by molar-refractivity contribution is -0.136. The Hall–Kier alpha value is -2.15. The van der Waals surface area contributed by atoms with Gasteiger partial charge >= 0.3 is 0 Å². The Balaban J connectivity index is 1.76. The number of carbonyl (C=O) groups is 1. The van der Waals surface area contributed by atoms with Gasteiger partial charge in [0.25, 0.3) is 0 Å². The Kier molecular flexibility index (Phi) is 7.69. The number of nitrogens with zero attached hydrogens (tertiary/aromatic N) is 2. The molecule has 2 heterocycles. The zero-order valence-electron chi connectivity index (χ0n) is 18.1. The summed E-state index contributed by atoms with van der Waals surface area (Å²) in [6.45, 7) is 12.0. The molecule has 1 aromatic carbocycles. The molecule has 1 aliphatic rings. The Bertz CT molecular complexity index is 877. The predicted octanol–water partition coefficient (Wildman–Crippen LogP) is 3.74. The molecule has 0 saturated heterocycles. The van der Waals surface area contributed by atoms with Crippen LogP contribution in [0.1, 0.15) is 34.5 Å². The minimum Gasteiger partial charge on any atom is -0.491 e. The van der Waals surface area contributed by atoms with E-state index >= 15 is 0 Å². The molecule has 0 radical (unpaired) electrons. The van der Waals surface area contributed by atoms with Crippen LogP contribution in [0.4, 0.5) is 0 Å². The van der Waals surface area contributed by atoms with Crippen molar-refractivity contribution in [3.63, 3.8) is 0 Å². The summed E-state index contributed by atoms with van der Waals surface area (Å²) in [6.07, 6.45) is 2.14. The van der Waals surface area contributed by atoms with Gasteiger partial charge in [-0.2, -0.15) is 0 Å². The van der Waals surface area contributed by atoms with E-state index in [1.165, 1.54) is 16.0 Å². The summed E-state index contributed by atoms with van der Waals surface area (Å²) in [7, 11) is 0. The number of aliphatic hydroxyl groups is 1. The Labute approximate surface area is 183 Å². The topological polar surface area (TPSA) is 53.0 Å². The molecule has 1 N–H and O–H groups in total. The van der Waals surface area contributed by atoms with Crippen molar-refractivity contribution in [2.75, 3.05) is 32.8 Å². The number of thiophene rings is 1. The predicted molar refractivity (Wildman–Crippen MR) is 122 cm³/mol. The SMILES string of the molecule is C=CCN(CC(=O)N1CCc2sccc2[C@@H]1COc1ccc(C)cc1C)C[C@@H](C)O. The number of aryl methyl sites for hydroxylation is 2. The van der Waals surface area contributed by atoms with Crippen molar-refractivity contribution in [2.24, 2.45) is 0 Å². The van der Waals surface area contributed by atoms with Gasteiger partial charge in [0.1, 0.15) is 12.4 Å². The number of aliphatic hydroxyl groups excluding tert-OH is 1. The van der Waals surface area contributed by atoms with Gasteiger partial charge in [0.2, 0.25) is 5.91 Å². The lowest BCUT2D eigenvalue weighted by Gasteiger charge is -2.37. The normalized spacial score (nSPS) is 17.0. The Morgan fingerprint density at radius 3 is 2.93 bits per heavy atom. The number of benzene rings is 1. The van der Waals surface area contributed by atoms with Crippen LogP contribution in [-0.4, -0.2) is 59.7 Å². The summed E-state index contributed by atoms with van der Waals surface area (Å²) < 4.78 is 6.20. The molecule has 1 aromatic heterocycles. The van der Waals surface area contributed by atoms with E-state index in [9.17, 15) is 9.90 Å². The van der Waals surface area contributed by atoms with Crippen LogP contribution in [0.3, 0.4) is 0 Å². The van der Waals surface area contributed by atoms with Gasteiger partial charge in [-0.05, 0) is 55.8 Å². The maximum absolute atomic E-state index is 13.2. The minimum atomic E-state index is -0.494. The molecule has 0 saturated carbocycles. The average molecular weight is 429 g/mol. The summed E-state index contributed by atoms with van der Waals surface area (Å²) in [5, 5.41) is 11.9. The summed E-state index contributed by atoms with van der Waals surface area (Å²) in [5.41, 5.74) is 3.49. The molecule has 3 rings (SSSR count). The molecule has 0 bridgehead atoms. The van der Waals surface area contributed by atoms with Crippen molar-refractivity contribution in [1.29, 1.82) is 0 Å². The van der Waals surface area contributed by atoms with Crippen LogP contribution in [0.2, 0.25) is 0 Å². The molecule has 0 spiro atoms. The van der Waals surface area contributed by atoms with Gasteiger partial charge in [-0.15, -0.1) is 17.9 Å². The van der Waals surface area contributed by atoms with Crippen molar-refractivity contribution in [1.82, 2.24) is 9.80 Å². The first-order valence-corrected chi connectivity index (χ1v) is 11.3. The Morgan fingerprint density at radius 2 is 2.23 bits per heavy atom. The third-order valence-corrected chi connectivity index (χ3v) is 6.41. The van der Waals surface area contributed by atoms with E-state index in [1.807, 2.05) is 28.9 Å². The Morgan fingerprint density at radius 1 is 1.43 bits per heavy atom. The van der Waals surface area contributed by atoms with Crippen LogP contribution in [0.5, 0.6) is 5.75 Å². The quantitative estimate of drug-likeness (QED) is 0.618. The number of rotatable bonds is 9. The van der Waals surface area contributed by atoms with Crippen molar-refractivity contribution >= 4 is 17.2 Å². The number of fused-ring (bicyclic) bond motifs is 1. The standard InChI is InChI=1S/C24H32N2O3S/c1-5-10-25(14-19(4)27)15-24(28)26-11-8-23-20(9-12-30-23)21(26)16-29-22-7-6-17(2)13-18(22)3/h5-7,9,12-13,19,21,27H,1,8,10-11,14-16H2,2-4H3/t19-,21+/m1/s1. The molecular formula is C24H32N2O3S. The maximum Gasteiger partial charge on any atom is 0.237 e.